The summed E-state index contributed by atoms with van der Waals surface area (Å²) in [4.78, 5) is 28.9. The number of carbonyl (C=O) groups is 2. The Morgan fingerprint density at radius 3 is 2.81 bits per heavy atom. The van der Waals surface area contributed by atoms with E-state index in [0.717, 1.165) is 6.42 Å². The molecule has 0 radical (unpaired) electrons. The zero-order valence-electron chi connectivity index (χ0n) is 12.1. The number of pyridine rings is 1. The summed E-state index contributed by atoms with van der Waals surface area (Å²) in [6.07, 6.45) is 2.75. The van der Waals surface area contributed by atoms with Crippen molar-refractivity contribution in [1.29, 1.82) is 0 Å². The smallest absolute Gasteiger partial charge is 0.326 e. The Hall–Kier alpha value is -2.31. The summed E-state index contributed by atoms with van der Waals surface area (Å²) in [5, 5.41) is 11.9. The number of nitrogens with zero attached hydrogens (tertiary/aromatic N) is 2. The molecule has 2 N–H and O–H groups in total. The molecule has 21 heavy (non-hydrogen) atoms. The van der Waals surface area contributed by atoms with Gasteiger partial charge in [0.25, 0.3) is 0 Å². The van der Waals surface area contributed by atoms with E-state index in [1.807, 2.05) is 6.92 Å². The van der Waals surface area contributed by atoms with E-state index in [2.05, 4.69) is 10.3 Å². The molecule has 0 aliphatic carbocycles. The van der Waals surface area contributed by atoms with Crippen molar-refractivity contribution in [3.8, 4) is 5.88 Å². The first-order valence-corrected chi connectivity index (χ1v) is 6.81. The predicted octanol–water partition coefficient (Wildman–Crippen LogP) is 1.81. The quantitative estimate of drug-likeness (QED) is 0.886. The molecule has 2 atom stereocenters. The van der Waals surface area contributed by atoms with Gasteiger partial charge in [-0.2, -0.15) is 0 Å². The van der Waals surface area contributed by atoms with Crippen LogP contribution in [0.4, 0.5) is 10.5 Å². The Bertz CT molecular complexity index is 517. The summed E-state index contributed by atoms with van der Waals surface area (Å²) < 4.78 is 4.94. The fraction of sp³-hybridized carbons (Fsp3) is 0.500. The summed E-state index contributed by atoms with van der Waals surface area (Å²) in [6, 6.07) is 2.09. The average Bonchev–Trinajstić information content (AvgIpc) is 2.47. The Kier molecular flexibility index (Phi) is 4.62. The summed E-state index contributed by atoms with van der Waals surface area (Å²) >= 11 is 0. The van der Waals surface area contributed by atoms with E-state index in [1.165, 1.54) is 18.2 Å². The van der Waals surface area contributed by atoms with E-state index in [1.54, 1.807) is 12.1 Å². The molecule has 1 saturated heterocycles. The third kappa shape index (κ3) is 3.62. The Balaban J connectivity index is 2.05. The first-order valence-electron chi connectivity index (χ1n) is 6.81. The first-order chi connectivity index (χ1) is 10.0. The Morgan fingerprint density at radius 1 is 1.48 bits per heavy atom. The van der Waals surface area contributed by atoms with Crippen molar-refractivity contribution in [2.45, 2.75) is 25.8 Å². The van der Waals surface area contributed by atoms with Gasteiger partial charge in [0.2, 0.25) is 5.88 Å². The van der Waals surface area contributed by atoms with Crippen molar-refractivity contribution in [1.82, 2.24) is 9.88 Å². The number of anilines is 1. The maximum absolute atomic E-state index is 12.2. The van der Waals surface area contributed by atoms with Crippen LogP contribution in [0.3, 0.4) is 0 Å². The summed E-state index contributed by atoms with van der Waals surface area (Å²) in [5.41, 5.74) is 0.503. The Morgan fingerprint density at radius 2 is 2.24 bits per heavy atom. The minimum Gasteiger partial charge on any atom is -0.481 e. The highest BCUT2D eigenvalue weighted by molar-refractivity contribution is 5.92. The first kappa shape index (κ1) is 15.1. The second kappa shape index (κ2) is 6.43. The van der Waals surface area contributed by atoms with E-state index < -0.39 is 18.0 Å². The molecule has 0 saturated carbocycles. The van der Waals surface area contributed by atoms with Crippen LogP contribution in [0.15, 0.2) is 18.3 Å². The summed E-state index contributed by atoms with van der Waals surface area (Å²) in [7, 11) is 1.51. The molecule has 1 aliphatic rings. The Labute approximate surface area is 122 Å². The topological polar surface area (TPSA) is 91.8 Å². The van der Waals surface area contributed by atoms with Gasteiger partial charge in [0.05, 0.1) is 19.0 Å². The molecule has 0 spiro atoms. The SMILES string of the molecule is COc1ccc(NC(=O)N2CCC(C)CC2C(=O)O)cn1. The number of hydrogen-bond donors (Lipinski definition) is 2. The van der Waals surface area contributed by atoms with Crippen LogP contribution in [0.5, 0.6) is 5.88 Å². The van der Waals surface area contributed by atoms with Crippen molar-refractivity contribution in [3.63, 3.8) is 0 Å². The van der Waals surface area contributed by atoms with Crippen molar-refractivity contribution < 1.29 is 19.4 Å². The molecule has 1 aliphatic heterocycles. The summed E-state index contributed by atoms with van der Waals surface area (Å²) in [6.45, 7) is 2.44. The highest BCUT2D eigenvalue weighted by atomic mass is 16.5. The van der Waals surface area contributed by atoms with Gasteiger partial charge < -0.3 is 20.1 Å². The molecule has 7 nitrogen and oxygen atoms in total. The van der Waals surface area contributed by atoms with Crippen LogP contribution in [0.1, 0.15) is 19.8 Å². The van der Waals surface area contributed by atoms with Gasteiger partial charge in [-0.25, -0.2) is 14.6 Å². The standard InChI is InChI=1S/C14H19N3O4/c1-9-5-6-17(11(7-9)13(18)19)14(20)16-10-3-4-12(21-2)15-8-10/h3-4,8-9,11H,5-7H2,1-2H3,(H,16,20)(H,18,19). The van der Waals surface area contributed by atoms with Crippen LogP contribution >= 0.6 is 0 Å². The predicted molar refractivity (Wildman–Crippen MR) is 76.3 cm³/mol. The average molecular weight is 293 g/mol. The van der Waals surface area contributed by atoms with Gasteiger partial charge in [0, 0.05) is 12.6 Å². The zero-order valence-corrected chi connectivity index (χ0v) is 12.1. The number of methoxy groups -OCH3 is 1. The number of amides is 2. The minimum atomic E-state index is -0.968. The lowest BCUT2D eigenvalue weighted by Gasteiger charge is -2.35. The maximum atomic E-state index is 12.2. The fourth-order valence-electron chi connectivity index (χ4n) is 2.39. The van der Waals surface area contributed by atoms with E-state index in [9.17, 15) is 14.7 Å². The zero-order chi connectivity index (χ0) is 15.4. The summed E-state index contributed by atoms with van der Waals surface area (Å²) in [5.74, 6) is -0.217. The van der Waals surface area contributed by atoms with Crippen molar-refractivity contribution in [2.75, 3.05) is 19.0 Å². The van der Waals surface area contributed by atoms with Crippen molar-refractivity contribution in [2.24, 2.45) is 5.92 Å². The largest absolute Gasteiger partial charge is 0.481 e. The minimum absolute atomic E-state index is 0.304. The molecular formula is C14H19N3O4. The third-order valence-electron chi connectivity index (χ3n) is 3.61. The normalized spacial score (nSPS) is 21.7. The number of piperidine rings is 1. The van der Waals surface area contributed by atoms with E-state index in [4.69, 9.17) is 4.74 Å². The molecule has 114 valence electrons. The number of urea groups is 1. The van der Waals surface area contributed by atoms with Gasteiger partial charge in [0.1, 0.15) is 6.04 Å². The number of rotatable bonds is 3. The number of carboxylic acid groups (broad SMARTS) is 1. The number of carboxylic acids is 1. The highest BCUT2D eigenvalue weighted by Crippen LogP contribution is 2.23. The van der Waals surface area contributed by atoms with Crippen LogP contribution in [-0.2, 0) is 4.79 Å². The molecule has 1 fully saturated rings. The van der Waals surface area contributed by atoms with Crippen LogP contribution in [-0.4, -0.2) is 46.7 Å². The molecule has 0 bridgehead atoms. The van der Waals surface area contributed by atoms with E-state index in [0.29, 0.717) is 30.5 Å². The van der Waals surface area contributed by atoms with Crippen LogP contribution in [0, 0.1) is 5.92 Å². The van der Waals surface area contributed by atoms with Gasteiger partial charge >= 0.3 is 12.0 Å². The second-order valence-corrected chi connectivity index (χ2v) is 5.20. The lowest BCUT2D eigenvalue weighted by molar-refractivity contribution is -0.143. The van der Waals surface area contributed by atoms with Crippen LogP contribution in [0.2, 0.25) is 0 Å². The number of aliphatic carboxylic acids is 1. The molecule has 2 unspecified atom stereocenters. The molecule has 2 heterocycles. The van der Waals surface area contributed by atoms with Gasteiger partial charge in [-0.3, -0.25) is 0 Å². The number of nitrogens with one attached hydrogen (secondary N) is 1. The molecule has 2 amide bonds. The number of hydrogen-bond acceptors (Lipinski definition) is 4. The molecule has 0 aromatic carbocycles. The number of carbonyl (C=O) groups excluding carboxylic acids is 1. The van der Waals surface area contributed by atoms with Gasteiger partial charge in [-0.05, 0) is 24.8 Å². The molecule has 1 aromatic heterocycles. The van der Waals surface area contributed by atoms with Crippen LogP contribution in [0.25, 0.3) is 0 Å². The number of aromatic nitrogens is 1. The van der Waals surface area contributed by atoms with Gasteiger partial charge in [-0.1, -0.05) is 6.92 Å². The highest BCUT2D eigenvalue weighted by Gasteiger charge is 2.34. The van der Waals surface area contributed by atoms with Gasteiger partial charge in [-0.15, -0.1) is 0 Å². The molecule has 7 heteroatoms. The lowest BCUT2D eigenvalue weighted by atomic mass is 9.93. The number of ether oxygens (including phenoxy) is 1. The fourth-order valence-corrected chi connectivity index (χ4v) is 2.39. The molecular weight excluding hydrogens is 274 g/mol. The van der Waals surface area contributed by atoms with E-state index >= 15 is 0 Å². The third-order valence-corrected chi connectivity index (χ3v) is 3.61. The van der Waals surface area contributed by atoms with Crippen LogP contribution < -0.4 is 10.1 Å². The van der Waals surface area contributed by atoms with Crippen molar-refractivity contribution in [3.05, 3.63) is 18.3 Å². The lowest BCUT2D eigenvalue weighted by Crippen LogP contribution is -2.51. The van der Waals surface area contributed by atoms with E-state index in [-0.39, 0.29) is 0 Å². The number of likely N-dealkylation sites (tertiary alicyclic amines) is 1. The molecule has 1 aromatic rings. The maximum Gasteiger partial charge on any atom is 0.326 e. The second-order valence-electron chi connectivity index (χ2n) is 5.20. The monoisotopic (exact) mass is 293 g/mol. The molecule has 2 rings (SSSR count). The van der Waals surface area contributed by atoms with Crippen molar-refractivity contribution >= 4 is 17.7 Å². The van der Waals surface area contributed by atoms with Gasteiger partial charge in [0.15, 0.2) is 0 Å².